The summed E-state index contributed by atoms with van der Waals surface area (Å²) in [7, 11) is -3.76. The number of pyridine rings is 1. The van der Waals surface area contributed by atoms with E-state index in [2.05, 4.69) is 15.0 Å². The third-order valence-corrected chi connectivity index (χ3v) is 5.51. The van der Waals surface area contributed by atoms with E-state index in [1.807, 2.05) is 20.8 Å². The molecule has 1 aromatic heterocycles. The van der Waals surface area contributed by atoms with Crippen LogP contribution < -0.4 is 14.9 Å². The maximum Gasteiger partial charge on any atom is 0.263 e. The molecule has 0 bridgehead atoms. The summed E-state index contributed by atoms with van der Waals surface area (Å²) in [5.74, 6) is 0.205. The molecule has 0 fully saturated rings. The highest BCUT2D eigenvalue weighted by atomic mass is 32.2. The number of nitrogens with zero attached hydrogens (tertiary/aromatic N) is 2. The van der Waals surface area contributed by atoms with Gasteiger partial charge in [0, 0.05) is 24.7 Å². The summed E-state index contributed by atoms with van der Waals surface area (Å²) in [5, 5.41) is 3.27. The molecule has 0 saturated heterocycles. The van der Waals surface area contributed by atoms with Gasteiger partial charge in [0.25, 0.3) is 10.0 Å². The Balaban J connectivity index is 1.79. The van der Waals surface area contributed by atoms with E-state index in [4.69, 9.17) is 0 Å². The molecule has 0 radical (unpaired) electrons. The van der Waals surface area contributed by atoms with Crippen LogP contribution in [-0.2, 0) is 21.2 Å². The Hall–Kier alpha value is -2.61. The molecule has 27 heavy (non-hydrogen) atoms. The molecule has 1 amide bonds. The number of amides is 1. The summed E-state index contributed by atoms with van der Waals surface area (Å²) in [6.07, 6.45) is 2.24. The van der Waals surface area contributed by atoms with Crippen molar-refractivity contribution in [2.45, 2.75) is 44.6 Å². The van der Waals surface area contributed by atoms with Gasteiger partial charge in [-0.1, -0.05) is 0 Å². The lowest BCUT2D eigenvalue weighted by Crippen LogP contribution is -2.26. The van der Waals surface area contributed by atoms with Crippen molar-refractivity contribution in [2.24, 2.45) is 0 Å². The number of carbonyl (C=O) groups is 1. The fourth-order valence-corrected chi connectivity index (χ4v) is 4.09. The fraction of sp³-hybridized carbons (Fsp3) is 0.368. The van der Waals surface area contributed by atoms with Crippen LogP contribution >= 0.6 is 0 Å². The molecule has 2 N–H and O–H groups in total. The normalized spacial score (nSPS) is 14.0. The quantitative estimate of drug-likeness (QED) is 0.840. The second-order valence-electron chi connectivity index (χ2n) is 7.62. The summed E-state index contributed by atoms with van der Waals surface area (Å²) in [6.45, 7) is 8.18. The largest absolute Gasteiger partial charge is 0.379 e. The minimum Gasteiger partial charge on any atom is -0.379 e. The molecule has 0 aliphatic carbocycles. The Morgan fingerprint density at radius 2 is 1.93 bits per heavy atom. The number of carbonyl (C=O) groups excluding carboxylic acids is 1. The second-order valence-corrected chi connectivity index (χ2v) is 9.31. The van der Waals surface area contributed by atoms with Gasteiger partial charge < -0.3 is 10.2 Å². The van der Waals surface area contributed by atoms with Crippen LogP contribution in [0.4, 0.5) is 17.2 Å². The van der Waals surface area contributed by atoms with Gasteiger partial charge in [-0.25, -0.2) is 13.4 Å². The summed E-state index contributed by atoms with van der Waals surface area (Å²) in [6, 6.07) is 8.22. The minimum atomic E-state index is -3.76. The molecule has 144 valence electrons. The topological polar surface area (TPSA) is 91.4 Å². The number of hydrogen-bond donors (Lipinski definition) is 2. The van der Waals surface area contributed by atoms with Gasteiger partial charge in [-0.15, -0.1) is 0 Å². The van der Waals surface area contributed by atoms with E-state index in [0.717, 1.165) is 16.9 Å². The summed E-state index contributed by atoms with van der Waals surface area (Å²) < 4.78 is 27.9. The van der Waals surface area contributed by atoms with Crippen LogP contribution in [0.25, 0.3) is 0 Å². The van der Waals surface area contributed by atoms with Crippen molar-refractivity contribution in [3.63, 3.8) is 0 Å². The van der Waals surface area contributed by atoms with Crippen molar-refractivity contribution in [1.29, 1.82) is 0 Å². The van der Waals surface area contributed by atoms with Crippen LogP contribution in [0, 0.1) is 0 Å². The van der Waals surface area contributed by atoms with Gasteiger partial charge in [-0.05, 0) is 63.1 Å². The smallest absolute Gasteiger partial charge is 0.263 e. The molecular formula is C19H24N4O3S. The third-order valence-electron chi connectivity index (χ3n) is 4.16. The molecule has 1 aliphatic heterocycles. The molecule has 8 heteroatoms. The van der Waals surface area contributed by atoms with E-state index in [0.29, 0.717) is 13.0 Å². The molecule has 0 unspecified atom stereocenters. The Morgan fingerprint density at radius 3 is 2.52 bits per heavy atom. The predicted molar refractivity (Wildman–Crippen MR) is 107 cm³/mol. The first kappa shape index (κ1) is 19.2. The van der Waals surface area contributed by atoms with Crippen molar-refractivity contribution in [3.05, 3.63) is 42.1 Å². The number of aromatic nitrogens is 1. The van der Waals surface area contributed by atoms with E-state index in [-0.39, 0.29) is 22.2 Å². The van der Waals surface area contributed by atoms with Gasteiger partial charge in [-0.2, -0.15) is 0 Å². The molecule has 2 heterocycles. The summed E-state index contributed by atoms with van der Waals surface area (Å²) in [5.41, 5.74) is 2.33. The fourth-order valence-electron chi connectivity index (χ4n) is 3.03. The Bertz CT molecular complexity index is 963. The SMILES string of the molecule is CC(=O)N1CCc2cc(S(=O)(=O)Nc3ccc(NC(C)(C)C)cn3)ccc21. The Labute approximate surface area is 159 Å². The molecule has 0 atom stereocenters. The predicted octanol–water partition coefficient (Wildman–Crippen LogP) is 3.00. The number of fused-ring (bicyclic) bond motifs is 1. The molecule has 7 nitrogen and oxygen atoms in total. The number of hydrogen-bond acceptors (Lipinski definition) is 5. The summed E-state index contributed by atoms with van der Waals surface area (Å²) >= 11 is 0. The highest BCUT2D eigenvalue weighted by Crippen LogP contribution is 2.30. The van der Waals surface area contributed by atoms with Crippen molar-refractivity contribution in [1.82, 2.24) is 4.98 Å². The Morgan fingerprint density at radius 1 is 1.19 bits per heavy atom. The number of benzene rings is 1. The minimum absolute atomic E-state index is 0.0457. The van der Waals surface area contributed by atoms with Gasteiger partial charge in [0.05, 0.1) is 16.8 Å². The molecule has 3 rings (SSSR count). The number of sulfonamides is 1. The van der Waals surface area contributed by atoms with Gasteiger partial charge in [-0.3, -0.25) is 9.52 Å². The first-order valence-corrected chi connectivity index (χ1v) is 10.2. The maximum absolute atomic E-state index is 12.7. The zero-order chi connectivity index (χ0) is 19.8. The average Bonchev–Trinajstić information content (AvgIpc) is 2.98. The molecule has 1 aromatic carbocycles. The summed E-state index contributed by atoms with van der Waals surface area (Å²) in [4.78, 5) is 17.6. The lowest BCUT2D eigenvalue weighted by Gasteiger charge is -2.21. The molecular weight excluding hydrogens is 364 g/mol. The van der Waals surface area contributed by atoms with E-state index in [1.54, 1.807) is 35.4 Å². The monoisotopic (exact) mass is 388 g/mol. The van der Waals surface area contributed by atoms with E-state index in [1.165, 1.54) is 13.0 Å². The van der Waals surface area contributed by atoms with Crippen molar-refractivity contribution >= 4 is 33.1 Å². The highest BCUT2D eigenvalue weighted by Gasteiger charge is 2.25. The van der Waals surface area contributed by atoms with Crippen LogP contribution in [-0.4, -0.2) is 31.4 Å². The Kier molecular flexibility index (Phi) is 4.86. The molecule has 2 aromatic rings. The third kappa shape index (κ3) is 4.39. The van der Waals surface area contributed by atoms with Gasteiger partial charge in [0.2, 0.25) is 5.91 Å². The molecule has 0 saturated carbocycles. The molecule has 0 spiro atoms. The van der Waals surface area contributed by atoms with Crippen LogP contribution in [0.3, 0.4) is 0 Å². The van der Waals surface area contributed by atoms with Crippen molar-refractivity contribution in [3.8, 4) is 0 Å². The average molecular weight is 388 g/mol. The van der Waals surface area contributed by atoms with Crippen molar-refractivity contribution < 1.29 is 13.2 Å². The van der Waals surface area contributed by atoms with Crippen molar-refractivity contribution in [2.75, 3.05) is 21.5 Å². The second kappa shape index (κ2) is 6.84. The zero-order valence-electron chi connectivity index (χ0n) is 15.9. The van der Waals surface area contributed by atoms with E-state index in [9.17, 15) is 13.2 Å². The zero-order valence-corrected chi connectivity index (χ0v) is 16.7. The molecule has 1 aliphatic rings. The maximum atomic E-state index is 12.7. The standard InChI is InChI=1S/C19H24N4O3S/c1-13(24)23-10-9-14-11-16(6-7-17(14)23)27(25,26)22-18-8-5-15(12-20-18)21-19(2,3)4/h5-8,11-12,21H,9-10H2,1-4H3,(H,20,22). The van der Waals surface area contributed by atoms with Crippen LogP contribution in [0.15, 0.2) is 41.4 Å². The number of anilines is 3. The van der Waals surface area contributed by atoms with Crippen LogP contribution in [0.2, 0.25) is 0 Å². The number of nitrogens with one attached hydrogen (secondary N) is 2. The van der Waals surface area contributed by atoms with Crippen LogP contribution in [0.1, 0.15) is 33.3 Å². The lowest BCUT2D eigenvalue weighted by atomic mass is 10.1. The first-order chi connectivity index (χ1) is 12.5. The van der Waals surface area contributed by atoms with Crippen LogP contribution in [0.5, 0.6) is 0 Å². The first-order valence-electron chi connectivity index (χ1n) is 8.73. The van der Waals surface area contributed by atoms with Gasteiger partial charge in [0.15, 0.2) is 0 Å². The van der Waals surface area contributed by atoms with E-state index < -0.39 is 10.0 Å². The van der Waals surface area contributed by atoms with Gasteiger partial charge in [0.1, 0.15) is 5.82 Å². The number of rotatable bonds is 4. The van der Waals surface area contributed by atoms with Gasteiger partial charge >= 0.3 is 0 Å². The highest BCUT2D eigenvalue weighted by molar-refractivity contribution is 7.92. The van der Waals surface area contributed by atoms with E-state index >= 15 is 0 Å². The lowest BCUT2D eigenvalue weighted by molar-refractivity contribution is -0.116.